The average molecular weight is 229 g/mol. The number of H-pyrrole nitrogens is 1. The van der Waals surface area contributed by atoms with Crippen molar-refractivity contribution < 1.29 is 4.74 Å². The van der Waals surface area contributed by atoms with E-state index in [9.17, 15) is 4.79 Å². The molecule has 3 heteroatoms. The van der Waals surface area contributed by atoms with Crippen LogP contribution in [-0.2, 0) is 12.8 Å². The number of aromatic nitrogens is 1. The van der Waals surface area contributed by atoms with E-state index >= 15 is 0 Å². The summed E-state index contributed by atoms with van der Waals surface area (Å²) in [7, 11) is 0. The van der Waals surface area contributed by atoms with Gasteiger partial charge in [0.2, 0.25) is 0 Å². The summed E-state index contributed by atoms with van der Waals surface area (Å²) in [6.45, 7) is 2.56. The summed E-state index contributed by atoms with van der Waals surface area (Å²) in [5.74, 6) is 0.767. The molecule has 0 unspecified atom stereocenters. The van der Waals surface area contributed by atoms with E-state index < -0.39 is 0 Å². The van der Waals surface area contributed by atoms with Crippen molar-refractivity contribution in [3.63, 3.8) is 0 Å². The third-order valence-corrected chi connectivity index (χ3v) is 3.32. The zero-order valence-electron chi connectivity index (χ0n) is 9.88. The van der Waals surface area contributed by atoms with E-state index in [0.29, 0.717) is 6.61 Å². The molecule has 0 aliphatic heterocycles. The first-order valence-corrected chi connectivity index (χ1v) is 6.10. The topological polar surface area (TPSA) is 42.1 Å². The van der Waals surface area contributed by atoms with Gasteiger partial charge in [-0.1, -0.05) is 0 Å². The lowest BCUT2D eigenvalue weighted by Gasteiger charge is -2.06. The summed E-state index contributed by atoms with van der Waals surface area (Å²) >= 11 is 0. The molecule has 1 heterocycles. The van der Waals surface area contributed by atoms with Crippen LogP contribution >= 0.6 is 0 Å². The maximum atomic E-state index is 12.3. The van der Waals surface area contributed by atoms with E-state index in [0.717, 1.165) is 47.2 Å². The van der Waals surface area contributed by atoms with Gasteiger partial charge in [-0.05, 0) is 44.4 Å². The standard InChI is InChI=1S/C14H15NO2/c1-2-17-9-6-7-13-11(8-9)14(16)10-4-3-5-12(10)15-13/h6-8H,2-5H2,1H3,(H,15,16). The molecule has 0 atom stereocenters. The van der Waals surface area contributed by atoms with Crippen LogP contribution in [0.15, 0.2) is 23.0 Å². The Balaban J connectivity index is 2.26. The number of fused-ring (bicyclic) bond motifs is 2. The van der Waals surface area contributed by atoms with Crippen molar-refractivity contribution in [2.75, 3.05) is 6.61 Å². The molecule has 88 valence electrons. The number of hydrogen-bond donors (Lipinski definition) is 1. The number of rotatable bonds is 2. The fourth-order valence-corrected chi connectivity index (χ4v) is 2.53. The maximum absolute atomic E-state index is 12.3. The predicted octanol–water partition coefficient (Wildman–Crippen LogP) is 2.42. The Bertz CT molecular complexity index is 628. The minimum atomic E-state index is 0.174. The van der Waals surface area contributed by atoms with Crippen LogP contribution in [0.5, 0.6) is 5.75 Å². The van der Waals surface area contributed by atoms with E-state index in [1.165, 1.54) is 0 Å². The number of pyridine rings is 1. The van der Waals surface area contributed by atoms with Crippen molar-refractivity contribution in [1.29, 1.82) is 0 Å². The molecule has 2 aromatic rings. The molecule has 0 fully saturated rings. The van der Waals surface area contributed by atoms with E-state index in [-0.39, 0.29) is 5.43 Å². The molecule has 0 bridgehead atoms. The predicted molar refractivity (Wildman–Crippen MR) is 67.8 cm³/mol. The second kappa shape index (κ2) is 3.91. The quantitative estimate of drug-likeness (QED) is 0.859. The Morgan fingerprint density at radius 2 is 2.24 bits per heavy atom. The molecule has 0 saturated carbocycles. The summed E-state index contributed by atoms with van der Waals surface area (Å²) in [6.07, 6.45) is 2.98. The highest BCUT2D eigenvalue weighted by molar-refractivity contribution is 5.81. The van der Waals surface area contributed by atoms with Gasteiger partial charge in [-0.2, -0.15) is 0 Å². The molecule has 0 radical (unpaired) electrons. The lowest BCUT2D eigenvalue weighted by molar-refractivity contribution is 0.340. The second-order valence-corrected chi connectivity index (χ2v) is 4.41. The lowest BCUT2D eigenvalue weighted by atomic mass is 10.1. The molecule has 1 aromatic carbocycles. The Hall–Kier alpha value is -1.77. The van der Waals surface area contributed by atoms with Crippen LogP contribution < -0.4 is 10.2 Å². The van der Waals surface area contributed by atoms with Crippen molar-refractivity contribution in [2.24, 2.45) is 0 Å². The molecule has 0 saturated heterocycles. The highest BCUT2D eigenvalue weighted by Crippen LogP contribution is 2.22. The van der Waals surface area contributed by atoms with Crippen LogP contribution in [0.3, 0.4) is 0 Å². The summed E-state index contributed by atoms with van der Waals surface area (Å²) in [6, 6.07) is 5.68. The Morgan fingerprint density at radius 3 is 3.06 bits per heavy atom. The number of benzene rings is 1. The molecule has 0 amide bonds. The van der Waals surface area contributed by atoms with Gasteiger partial charge in [-0.15, -0.1) is 0 Å². The number of hydrogen-bond acceptors (Lipinski definition) is 2. The van der Waals surface area contributed by atoms with Crippen LogP contribution in [0.2, 0.25) is 0 Å². The molecule has 1 aromatic heterocycles. The zero-order valence-corrected chi connectivity index (χ0v) is 9.88. The Kier molecular flexibility index (Phi) is 2.39. The van der Waals surface area contributed by atoms with Gasteiger partial charge >= 0.3 is 0 Å². The number of ether oxygens (including phenoxy) is 1. The van der Waals surface area contributed by atoms with Crippen molar-refractivity contribution in [1.82, 2.24) is 4.98 Å². The Labute approximate surface area is 99.4 Å². The first-order valence-electron chi connectivity index (χ1n) is 6.10. The molecule has 0 spiro atoms. The minimum Gasteiger partial charge on any atom is -0.494 e. The van der Waals surface area contributed by atoms with E-state index in [4.69, 9.17) is 4.74 Å². The molecule has 3 nitrogen and oxygen atoms in total. The van der Waals surface area contributed by atoms with Gasteiger partial charge in [0.05, 0.1) is 6.61 Å². The van der Waals surface area contributed by atoms with Crippen molar-refractivity contribution in [3.8, 4) is 5.75 Å². The van der Waals surface area contributed by atoms with Crippen LogP contribution in [0.25, 0.3) is 10.9 Å². The first-order chi connectivity index (χ1) is 8.29. The van der Waals surface area contributed by atoms with Crippen LogP contribution in [0.1, 0.15) is 24.6 Å². The van der Waals surface area contributed by atoms with Crippen molar-refractivity contribution >= 4 is 10.9 Å². The molecular formula is C14H15NO2. The number of aromatic amines is 1. The fraction of sp³-hybridized carbons (Fsp3) is 0.357. The van der Waals surface area contributed by atoms with Gasteiger partial charge < -0.3 is 9.72 Å². The van der Waals surface area contributed by atoms with Gasteiger partial charge in [-0.25, -0.2) is 0 Å². The lowest BCUT2D eigenvalue weighted by Crippen LogP contribution is -2.10. The minimum absolute atomic E-state index is 0.174. The SMILES string of the molecule is CCOc1ccc2[nH]c3c(c(=O)c2c1)CCC3. The van der Waals surface area contributed by atoms with Crippen LogP contribution in [-0.4, -0.2) is 11.6 Å². The normalized spacial score (nSPS) is 13.9. The number of nitrogens with one attached hydrogen (secondary N) is 1. The molecule has 1 N–H and O–H groups in total. The summed E-state index contributed by atoms with van der Waals surface area (Å²) < 4.78 is 5.44. The van der Waals surface area contributed by atoms with Gasteiger partial charge in [0.1, 0.15) is 5.75 Å². The molecule has 1 aliphatic carbocycles. The van der Waals surface area contributed by atoms with Gasteiger partial charge in [0.25, 0.3) is 0 Å². The molecule has 3 rings (SSSR count). The fourth-order valence-electron chi connectivity index (χ4n) is 2.53. The van der Waals surface area contributed by atoms with E-state index in [1.807, 2.05) is 25.1 Å². The van der Waals surface area contributed by atoms with Crippen LogP contribution in [0.4, 0.5) is 0 Å². The van der Waals surface area contributed by atoms with E-state index in [2.05, 4.69) is 4.98 Å². The van der Waals surface area contributed by atoms with Gasteiger partial charge in [0.15, 0.2) is 5.43 Å². The van der Waals surface area contributed by atoms with Crippen molar-refractivity contribution in [2.45, 2.75) is 26.2 Å². The molecular weight excluding hydrogens is 214 g/mol. The van der Waals surface area contributed by atoms with Gasteiger partial charge in [-0.3, -0.25) is 4.79 Å². The monoisotopic (exact) mass is 229 g/mol. The van der Waals surface area contributed by atoms with Crippen molar-refractivity contribution in [3.05, 3.63) is 39.7 Å². The zero-order chi connectivity index (χ0) is 11.8. The van der Waals surface area contributed by atoms with E-state index in [1.54, 1.807) is 0 Å². The number of aryl methyl sites for hydroxylation is 1. The molecule has 17 heavy (non-hydrogen) atoms. The van der Waals surface area contributed by atoms with Gasteiger partial charge in [0, 0.05) is 22.2 Å². The summed E-state index contributed by atoms with van der Waals surface area (Å²) in [5, 5.41) is 0.747. The van der Waals surface area contributed by atoms with Crippen LogP contribution in [0, 0.1) is 0 Å². The third kappa shape index (κ3) is 1.62. The third-order valence-electron chi connectivity index (χ3n) is 3.32. The molecule has 1 aliphatic rings. The summed E-state index contributed by atoms with van der Waals surface area (Å²) in [5.41, 5.74) is 3.17. The first kappa shape index (κ1) is 10.4. The smallest absolute Gasteiger partial charge is 0.192 e. The highest BCUT2D eigenvalue weighted by Gasteiger charge is 2.17. The average Bonchev–Trinajstić information content (AvgIpc) is 2.79. The largest absolute Gasteiger partial charge is 0.494 e. The maximum Gasteiger partial charge on any atom is 0.192 e. The summed E-state index contributed by atoms with van der Waals surface area (Å²) in [4.78, 5) is 15.7. The Morgan fingerprint density at radius 1 is 1.35 bits per heavy atom. The highest BCUT2D eigenvalue weighted by atomic mass is 16.5. The second-order valence-electron chi connectivity index (χ2n) is 4.41.